The van der Waals surface area contributed by atoms with Crippen molar-refractivity contribution in [2.75, 3.05) is 10.0 Å². The summed E-state index contributed by atoms with van der Waals surface area (Å²) in [7, 11) is -3.82. The van der Waals surface area contributed by atoms with Crippen molar-refractivity contribution in [2.24, 2.45) is 0 Å². The molecule has 0 fully saturated rings. The van der Waals surface area contributed by atoms with Gasteiger partial charge in [0.1, 0.15) is 0 Å². The third kappa shape index (κ3) is 5.77. The van der Waals surface area contributed by atoms with Gasteiger partial charge in [-0.25, -0.2) is 8.42 Å². The minimum atomic E-state index is -3.82. The van der Waals surface area contributed by atoms with Gasteiger partial charge in [-0.05, 0) is 60.2 Å². The van der Waals surface area contributed by atoms with E-state index in [0.29, 0.717) is 21.3 Å². The van der Waals surface area contributed by atoms with Crippen LogP contribution in [0.3, 0.4) is 0 Å². The number of hydrogen-bond acceptors (Lipinski definition) is 3. The van der Waals surface area contributed by atoms with Gasteiger partial charge in [0, 0.05) is 21.8 Å². The molecule has 0 spiro atoms. The maximum absolute atomic E-state index is 12.5. The smallest absolute Gasteiger partial charge is 0.261 e. The van der Waals surface area contributed by atoms with Gasteiger partial charge in [-0.3, -0.25) is 9.52 Å². The van der Waals surface area contributed by atoms with Crippen molar-refractivity contribution in [3.05, 3.63) is 93.4 Å². The summed E-state index contributed by atoms with van der Waals surface area (Å²) in [6, 6.07) is 17.2. The Balaban J connectivity index is 1.67. The van der Waals surface area contributed by atoms with Crippen LogP contribution in [-0.2, 0) is 14.8 Å². The highest BCUT2D eigenvalue weighted by atomic mass is 35.5. The fraction of sp³-hybridized carbons (Fsp3) is 0. The minimum Gasteiger partial charge on any atom is -0.323 e. The molecule has 0 heterocycles. The first-order valence-electron chi connectivity index (χ1n) is 8.56. The monoisotopic (exact) mass is 480 g/mol. The van der Waals surface area contributed by atoms with Gasteiger partial charge in [0.2, 0.25) is 5.91 Å². The number of halogens is 3. The van der Waals surface area contributed by atoms with Crippen molar-refractivity contribution in [1.82, 2.24) is 0 Å². The summed E-state index contributed by atoms with van der Waals surface area (Å²) < 4.78 is 27.5. The number of hydrogen-bond donors (Lipinski definition) is 2. The summed E-state index contributed by atoms with van der Waals surface area (Å²) >= 11 is 17.9. The van der Waals surface area contributed by atoms with Crippen LogP contribution in [0.4, 0.5) is 11.4 Å². The Hall–Kier alpha value is -2.51. The maximum atomic E-state index is 12.5. The number of benzene rings is 3. The van der Waals surface area contributed by atoms with Crippen LogP contribution in [0.5, 0.6) is 0 Å². The SMILES string of the molecule is O=C(/C=C/c1ccc(Cl)cc1Cl)Nc1ccc(S(=O)(=O)Nc2ccccc2Cl)cc1. The molecule has 0 atom stereocenters. The third-order valence-electron chi connectivity index (χ3n) is 3.93. The standard InChI is InChI=1S/C21H15Cl3N2O3S/c22-15-7-5-14(19(24)13-15)6-12-21(27)25-16-8-10-17(11-9-16)30(28,29)26-20-4-2-1-3-18(20)23/h1-13,26H,(H,25,27)/b12-6+. The van der Waals surface area contributed by atoms with E-state index in [2.05, 4.69) is 10.0 Å². The van der Waals surface area contributed by atoms with Gasteiger partial charge in [0.15, 0.2) is 0 Å². The van der Waals surface area contributed by atoms with Gasteiger partial charge in [0.25, 0.3) is 10.0 Å². The highest BCUT2D eigenvalue weighted by Crippen LogP contribution is 2.25. The Morgan fingerprint density at radius 1 is 0.867 bits per heavy atom. The molecule has 154 valence electrons. The number of amides is 1. The van der Waals surface area contributed by atoms with Crippen LogP contribution in [-0.4, -0.2) is 14.3 Å². The second-order valence-corrected chi connectivity index (χ2v) is 9.03. The van der Waals surface area contributed by atoms with Crippen molar-refractivity contribution < 1.29 is 13.2 Å². The van der Waals surface area contributed by atoms with E-state index in [1.165, 1.54) is 30.3 Å². The number of para-hydroxylation sites is 1. The number of sulfonamides is 1. The van der Waals surface area contributed by atoms with Crippen molar-refractivity contribution in [3.63, 3.8) is 0 Å². The van der Waals surface area contributed by atoms with Gasteiger partial charge < -0.3 is 5.32 Å². The summed E-state index contributed by atoms with van der Waals surface area (Å²) in [5.74, 6) is -0.397. The normalized spacial score (nSPS) is 11.4. The van der Waals surface area contributed by atoms with E-state index in [1.54, 1.807) is 48.5 Å². The maximum Gasteiger partial charge on any atom is 0.261 e. The van der Waals surface area contributed by atoms with Crippen LogP contribution in [0.15, 0.2) is 77.7 Å². The van der Waals surface area contributed by atoms with Crippen LogP contribution < -0.4 is 10.0 Å². The topological polar surface area (TPSA) is 75.3 Å². The lowest BCUT2D eigenvalue weighted by molar-refractivity contribution is -0.111. The molecule has 5 nitrogen and oxygen atoms in total. The van der Waals surface area contributed by atoms with E-state index < -0.39 is 15.9 Å². The zero-order valence-electron chi connectivity index (χ0n) is 15.3. The molecule has 0 saturated heterocycles. The minimum absolute atomic E-state index is 0.0314. The predicted molar refractivity (Wildman–Crippen MR) is 123 cm³/mol. The second kappa shape index (κ2) is 9.53. The summed E-state index contributed by atoms with van der Waals surface area (Å²) in [6.07, 6.45) is 2.87. The van der Waals surface area contributed by atoms with Crippen LogP contribution in [0.1, 0.15) is 5.56 Å². The number of nitrogens with one attached hydrogen (secondary N) is 2. The molecule has 3 aromatic rings. The number of anilines is 2. The van der Waals surface area contributed by atoms with Crippen LogP contribution >= 0.6 is 34.8 Å². The number of rotatable bonds is 6. The van der Waals surface area contributed by atoms with Crippen molar-refractivity contribution >= 4 is 68.2 Å². The van der Waals surface area contributed by atoms with Crippen LogP contribution in [0.2, 0.25) is 15.1 Å². The Bertz CT molecular complexity index is 1210. The molecule has 3 rings (SSSR count). The molecule has 0 aromatic heterocycles. The number of carbonyl (C=O) groups is 1. The lowest BCUT2D eigenvalue weighted by atomic mass is 10.2. The van der Waals surface area contributed by atoms with Gasteiger partial charge in [-0.1, -0.05) is 53.0 Å². The third-order valence-corrected chi connectivity index (χ3v) is 6.20. The van der Waals surface area contributed by atoms with E-state index in [1.807, 2.05) is 0 Å². The quantitative estimate of drug-likeness (QED) is 0.418. The van der Waals surface area contributed by atoms with E-state index in [4.69, 9.17) is 34.8 Å². The van der Waals surface area contributed by atoms with E-state index in [-0.39, 0.29) is 15.6 Å². The summed E-state index contributed by atoms with van der Waals surface area (Å²) in [5, 5.41) is 3.86. The molecular weight excluding hydrogens is 467 g/mol. The number of carbonyl (C=O) groups excluding carboxylic acids is 1. The molecule has 0 saturated carbocycles. The van der Waals surface area contributed by atoms with Crippen LogP contribution in [0.25, 0.3) is 6.08 Å². The predicted octanol–water partition coefficient (Wildman–Crippen LogP) is 6.10. The molecule has 1 amide bonds. The zero-order valence-corrected chi connectivity index (χ0v) is 18.4. The first-order valence-corrected chi connectivity index (χ1v) is 11.2. The van der Waals surface area contributed by atoms with Gasteiger partial charge >= 0.3 is 0 Å². The summed E-state index contributed by atoms with van der Waals surface area (Å²) in [5.41, 5.74) is 1.36. The summed E-state index contributed by atoms with van der Waals surface area (Å²) in [6.45, 7) is 0. The Morgan fingerprint density at radius 2 is 1.57 bits per heavy atom. The molecule has 0 bridgehead atoms. The van der Waals surface area contributed by atoms with Crippen LogP contribution in [0, 0.1) is 0 Å². The molecule has 0 aliphatic rings. The molecule has 0 aliphatic carbocycles. The van der Waals surface area contributed by atoms with E-state index in [9.17, 15) is 13.2 Å². The molecule has 30 heavy (non-hydrogen) atoms. The van der Waals surface area contributed by atoms with Crippen molar-refractivity contribution in [2.45, 2.75) is 4.90 Å². The Morgan fingerprint density at radius 3 is 2.23 bits per heavy atom. The Labute approximate surface area is 189 Å². The summed E-state index contributed by atoms with van der Waals surface area (Å²) in [4.78, 5) is 12.1. The highest BCUT2D eigenvalue weighted by Gasteiger charge is 2.15. The average Bonchev–Trinajstić information content (AvgIpc) is 2.69. The molecule has 3 aromatic carbocycles. The fourth-order valence-electron chi connectivity index (χ4n) is 2.45. The first kappa shape index (κ1) is 22.2. The van der Waals surface area contributed by atoms with E-state index >= 15 is 0 Å². The average molecular weight is 482 g/mol. The Kier molecular flexibility index (Phi) is 7.05. The zero-order chi connectivity index (χ0) is 21.7. The lowest BCUT2D eigenvalue weighted by Gasteiger charge is -2.10. The van der Waals surface area contributed by atoms with Gasteiger partial charge in [-0.2, -0.15) is 0 Å². The largest absolute Gasteiger partial charge is 0.323 e. The van der Waals surface area contributed by atoms with Crippen molar-refractivity contribution in [3.8, 4) is 0 Å². The molecule has 2 N–H and O–H groups in total. The molecule has 0 unspecified atom stereocenters. The highest BCUT2D eigenvalue weighted by molar-refractivity contribution is 7.92. The van der Waals surface area contributed by atoms with Gasteiger partial charge in [-0.15, -0.1) is 0 Å². The second-order valence-electron chi connectivity index (χ2n) is 6.10. The van der Waals surface area contributed by atoms with E-state index in [0.717, 1.165) is 0 Å². The molecule has 9 heteroatoms. The molecule has 0 radical (unpaired) electrons. The molecular formula is C21H15Cl3N2O3S. The molecule has 0 aliphatic heterocycles. The lowest BCUT2D eigenvalue weighted by Crippen LogP contribution is -2.13. The first-order chi connectivity index (χ1) is 14.2. The van der Waals surface area contributed by atoms with Gasteiger partial charge in [0.05, 0.1) is 15.6 Å². The van der Waals surface area contributed by atoms with Crippen molar-refractivity contribution in [1.29, 1.82) is 0 Å². The fourth-order valence-corrected chi connectivity index (χ4v) is 4.24.